The zero-order chi connectivity index (χ0) is 13.5. The van der Waals surface area contributed by atoms with Crippen LogP contribution in [0.3, 0.4) is 0 Å². The van der Waals surface area contributed by atoms with E-state index in [1.165, 1.54) is 0 Å². The van der Waals surface area contributed by atoms with Crippen LogP contribution in [0.1, 0.15) is 13.3 Å². The molecule has 18 heavy (non-hydrogen) atoms. The number of halogens is 2. The average molecular weight is 308 g/mol. The lowest BCUT2D eigenvalue weighted by atomic mass is 10.3. The van der Waals surface area contributed by atoms with Crippen LogP contribution in [0.5, 0.6) is 0 Å². The van der Waals surface area contributed by atoms with E-state index in [1.807, 2.05) is 6.92 Å². The number of amides is 1. The van der Waals surface area contributed by atoms with Crippen LogP contribution in [0.2, 0.25) is 10.0 Å². The number of carbonyl (C=O) groups is 1. The fourth-order valence-electron chi connectivity index (χ4n) is 1.21. The Bertz CT molecular complexity index is 415. The van der Waals surface area contributed by atoms with Gasteiger partial charge in [0, 0.05) is 22.4 Å². The molecule has 1 unspecified atom stereocenters. The number of anilines is 1. The summed E-state index contributed by atoms with van der Waals surface area (Å²) in [5.41, 5.74) is 0.523. The molecule has 0 fully saturated rings. The molecule has 2 N–H and O–H groups in total. The second-order valence-electron chi connectivity index (χ2n) is 3.79. The second-order valence-corrected chi connectivity index (χ2v) is 6.18. The van der Waals surface area contributed by atoms with Crippen LogP contribution in [0.4, 0.5) is 5.69 Å². The summed E-state index contributed by atoms with van der Waals surface area (Å²) in [5.74, 6) is 0.544. The van der Waals surface area contributed by atoms with Crippen molar-refractivity contribution in [3.05, 3.63) is 28.2 Å². The Morgan fingerprint density at radius 1 is 1.50 bits per heavy atom. The van der Waals surface area contributed by atoms with Crippen LogP contribution < -0.4 is 5.32 Å². The maximum atomic E-state index is 11.7. The normalized spacial score (nSPS) is 12.2. The molecule has 1 aromatic carbocycles. The van der Waals surface area contributed by atoms with Gasteiger partial charge in [-0.3, -0.25) is 4.79 Å². The molecule has 0 saturated heterocycles. The first-order chi connectivity index (χ1) is 8.52. The molecule has 3 nitrogen and oxygen atoms in total. The quantitative estimate of drug-likeness (QED) is 0.846. The first-order valence-corrected chi connectivity index (χ1v) is 7.30. The number of benzene rings is 1. The van der Waals surface area contributed by atoms with Gasteiger partial charge in [0.25, 0.3) is 0 Å². The summed E-state index contributed by atoms with van der Waals surface area (Å²) in [5, 5.41) is 12.7. The SMILES string of the molecule is CC(CO)SCCC(=O)Nc1cc(Cl)ccc1Cl. The van der Waals surface area contributed by atoms with Gasteiger partial charge in [0.15, 0.2) is 0 Å². The van der Waals surface area contributed by atoms with E-state index in [4.69, 9.17) is 28.3 Å². The van der Waals surface area contributed by atoms with Crippen molar-refractivity contribution in [2.45, 2.75) is 18.6 Å². The molecule has 1 amide bonds. The number of aliphatic hydroxyl groups excluding tert-OH is 1. The minimum atomic E-state index is -0.114. The largest absolute Gasteiger partial charge is 0.395 e. The van der Waals surface area contributed by atoms with Crippen LogP contribution in [0, 0.1) is 0 Å². The minimum Gasteiger partial charge on any atom is -0.395 e. The first kappa shape index (κ1) is 15.6. The molecule has 100 valence electrons. The van der Waals surface area contributed by atoms with Crippen LogP contribution >= 0.6 is 35.0 Å². The first-order valence-electron chi connectivity index (χ1n) is 5.50. The number of nitrogens with one attached hydrogen (secondary N) is 1. The topological polar surface area (TPSA) is 49.3 Å². The van der Waals surface area contributed by atoms with Gasteiger partial charge in [0.1, 0.15) is 0 Å². The van der Waals surface area contributed by atoms with Crippen molar-refractivity contribution in [1.82, 2.24) is 0 Å². The lowest BCUT2D eigenvalue weighted by Crippen LogP contribution is -2.14. The highest BCUT2D eigenvalue weighted by Gasteiger charge is 2.08. The van der Waals surface area contributed by atoms with Gasteiger partial charge in [-0.1, -0.05) is 30.1 Å². The highest BCUT2D eigenvalue weighted by Crippen LogP contribution is 2.25. The van der Waals surface area contributed by atoms with Crippen LogP contribution in [-0.2, 0) is 4.79 Å². The zero-order valence-corrected chi connectivity index (χ0v) is 12.3. The molecule has 1 atom stereocenters. The Balaban J connectivity index is 2.42. The molecule has 1 rings (SSSR count). The van der Waals surface area contributed by atoms with E-state index in [0.29, 0.717) is 27.9 Å². The summed E-state index contributed by atoms with van der Waals surface area (Å²) in [6.07, 6.45) is 0.373. The molecule has 6 heteroatoms. The Labute approximate surface area is 121 Å². The van der Waals surface area contributed by atoms with Crippen molar-refractivity contribution in [2.24, 2.45) is 0 Å². The molecular formula is C12H15Cl2NO2S. The van der Waals surface area contributed by atoms with Gasteiger partial charge in [-0.15, -0.1) is 0 Å². The molecule has 1 aromatic rings. The smallest absolute Gasteiger partial charge is 0.225 e. The van der Waals surface area contributed by atoms with Crippen LogP contribution in [0.15, 0.2) is 18.2 Å². The van der Waals surface area contributed by atoms with E-state index < -0.39 is 0 Å². The van der Waals surface area contributed by atoms with Gasteiger partial charge >= 0.3 is 0 Å². The van der Waals surface area contributed by atoms with Crippen molar-refractivity contribution in [2.75, 3.05) is 17.7 Å². The highest BCUT2D eigenvalue weighted by molar-refractivity contribution is 7.99. The molecule has 0 aromatic heterocycles. The maximum absolute atomic E-state index is 11.7. The molecule has 0 bridgehead atoms. The van der Waals surface area contributed by atoms with Gasteiger partial charge < -0.3 is 10.4 Å². The average Bonchev–Trinajstić information content (AvgIpc) is 2.33. The van der Waals surface area contributed by atoms with E-state index in [0.717, 1.165) is 0 Å². The second kappa shape index (κ2) is 7.89. The van der Waals surface area contributed by atoms with Crippen LogP contribution in [-0.4, -0.2) is 28.6 Å². The zero-order valence-electron chi connectivity index (χ0n) is 9.95. The standard InChI is InChI=1S/C12H15Cl2NO2S/c1-8(7-16)18-5-4-12(17)15-11-6-9(13)2-3-10(11)14/h2-3,6,8,16H,4-5,7H2,1H3,(H,15,17). The summed E-state index contributed by atoms with van der Waals surface area (Å²) < 4.78 is 0. The third kappa shape index (κ3) is 5.48. The molecule has 0 saturated carbocycles. The van der Waals surface area contributed by atoms with Crippen LogP contribution in [0.25, 0.3) is 0 Å². The predicted octanol–water partition coefficient (Wildman–Crippen LogP) is 3.44. The summed E-state index contributed by atoms with van der Waals surface area (Å²) in [7, 11) is 0. The minimum absolute atomic E-state index is 0.114. The number of carbonyl (C=O) groups excluding carboxylic acids is 1. The lowest BCUT2D eigenvalue weighted by molar-refractivity contribution is -0.115. The molecule has 0 heterocycles. The molecule has 0 aliphatic heterocycles. The summed E-state index contributed by atoms with van der Waals surface area (Å²) in [4.78, 5) is 11.7. The summed E-state index contributed by atoms with van der Waals surface area (Å²) in [6.45, 7) is 2.03. The molecule has 0 spiro atoms. The maximum Gasteiger partial charge on any atom is 0.225 e. The fourth-order valence-corrected chi connectivity index (χ4v) is 2.36. The van der Waals surface area contributed by atoms with E-state index in [2.05, 4.69) is 5.32 Å². The fraction of sp³-hybridized carbons (Fsp3) is 0.417. The number of aliphatic hydroxyl groups is 1. The van der Waals surface area contributed by atoms with E-state index in [1.54, 1.807) is 30.0 Å². The number of thioether (sulfide) groups is 1. The lowest BCUT2D eigenvalue weighted by Gasteiger charge is -2.09. The number of rotatable bonds is 6. The van der Waals surface area contributed by atoms with Crippen molar-refractivity contribution in [3.63, 3.8) is 0 Å². The highest BCUT2D eigenvalue weighted by atomic mass is 35.5. The Hall–Kier alpha value is -0.420. The van der Waals surface area contributed by atoms with Crippen molar-refractivity contribution in [1.29, 1.82) is 0 Å². The van der Waals surface area contributed by atoms with Gasteiger partial charge in [-0.2, -0.15) is 11.8 Å². The molecule has 0 aliphatic carbocycles. The van der Waals surface area contributed by atoms with Gasteiger partial charge in [-0.25, -0.2) is 0 Å². The van der Waals surface area contributed by atoms with E-state index >= 15 is 0 Å². The van der Waals surface area contributed by atoms with Crippen molar-refractivity contribution < 1.29 is 9.90 Å². The number of hydrogen-bond acceptors (Lipinski definition) is 3. The number of hydrogen-bond donors (Lipinski definition) is 2. The van der Waals surface area contributed by atoms with Gasteiger partial charge in [0.2, 0.25) is 5.91 Å². The van der Waals surface area contributed by atoms with Crippen molar-refractivity contribution in [3.8, 4) is 0 Å². The molecule has 0 aliphatic rings. The summed E-state index contributed by atoms with van der Waals surface area (Å²) in [6, 6.07) is 4.92. The van der Waals surface area contributed by atoms with Crippen molar-refractivity contribution >= 4 is 46.6 Å². The van der Waals surface area contributed by atoms with Gasteiger partial charge in [-0.05, 0) is 18.2 Å². The molecular weight excluding hydrogens is 293 g/mol. The third-order valence-corrected chi connectivity index (χ3v) is 3.91. The predicted molar refractivity (Wildman–Crippen MR) is 78.7 cm³/mol. The summed E-state index contributed by atoms with van der Waals surface area (Å²) >= 11 is 13.3. The van der Waals surface area contributed by atoms with E-state index in [9.17, 15) is 4.79 Å². The van der Waals surface area contributed by atoms with Gasteiger partial charge in [0.05, 0.1) is 17.3 Å². The Kier molecular flexibility index (Phi) is 6.86. The Morgan fingerprint density at radius 3 is 2.89 bits per heavy atom. The monoisotopic (exact) mass is 307 g/mol. The Morgan fingerprint density at radius 2 is 2.22 bits per heavy atom. The molecule has 0 radical (unpaired) electrons. The third-order valence-electron chi connectivity index (χ3n) is 2.19. The van der Waals surface area contributed by atoms with E-state index in [-0.39, 0.29) is 17.8 Å².